The fourth-order valence-corrected chi connectivity index (χ4v) is 3.51. The molecule has 0 amide bonds. The average molecular weight is 341 g/mol. The summed E-state index contributed by atoms with van der Waals surface area (Å²) in [7, 11) is 0. The number of nitrogens with zero attached hydrogens (tertiary/aromatic N) is 1. The molecule has 0 aliphatic carbocycles. The maximum absolute atomic E-state index is 5.59. The molecule has 3 rings (SSSR count). The van der Waals surface area contributed by atoms with E-state index in [1.807, 2.05) is 0 Å². The molecule has 1 saturated heterocycles. The van der Waals surface area contributed by atoms with E-state index in [-0.39, 0.29) is 0 Å². The zero-order valence-electron chi connectivity index (χ0n) is 14.5. The summed E-state index contributed by atoms with van der Waals surface area (Å²) in [6.07, 6.45) is 0. The predicted octanol–water partition coefficient (Wildman–Crippen LogP) is 2.40. The number of hydrogen-bond acceptors (Lipinski definition) is 1. The summed E-state index contributed by atoms with van der Waals surface area (Å²) in [6.45, 7) is 9.69. The van der Waals surface area contributed by atoms with Crippen LogP contribution in [0.2, 0.25) is 0 Å². The molecule has 0 radical (unpaired) electrons. The Bertz CT molecular complexity index is 706. The molecule has 126 valence electrons. The van der Waals surface area contributed by atoms with Gasteiger partial charge in [0.15, 0.2) is 5.11 Å². The van der Waals surface area contributed by atoms with Crippen LogP contribution in [0, 0.1) is 13.8 Å². The molecule has 0 bridgehead atoms. The van der Waals surface area contributed by atoms with E-state index >= 15 is 0 Å². The third kappa shape index (κ3) is 4.34. The van der Waals surface area contributed by atoms with Crippen LogP contribution < -0.4 is 10.2 Å². The number of nitrogens with one attached hydrogen (secondary N) is 2. The standard InChI is InChI=1S/C20H25N3S/c1-16-6-5-9-19(14-16)21-20(24)23-12-10-22(11-13-23)15-18-8-4-3-7-17(18)2/h3-9,14H,10-13,15H2,1-2H3,(H,21,24)/p+1. The van der Waals surface area contributed by atoms with Gasteiger partial charge in [0.2, 0.25) is 0 Å². The topological polar surface area (TPSA) is 19.7 Å². The van der Waals surface area contributed by atoms with E-state index in [9.17, 15) is 0 Å². The Kier molecular flexibility index (Phi) is 5.48. The lowest BCUT2D eigenvalue weighted by Crippen LogP contribution is -3.13. The minimum Gasteiger partial charge on any atom is -0.338 e. The molecule has 2 aromatic rings. The summed E-state index contributed by atoms with van der Waals surface area (Å²) in [5.41, 5.74) is 5.18. The van der Waals surface area contributed by atoms with E-state index in [1.165, 1.54) is 16.7 Å². The normalized spacial score (nSPS) is 15.3. The van der Waals surface area contributed by atoms with Crippen molar-refractivity contribution in [1.82, 2.24) is 4.90 Å². The number of thiocarbonyl (C=S) groups is 1. The van der Waals surface area contributed by atoms with Gasteiger partial charge in [0.25, 0.3) is 0 Å². The summed E-state index contributed by atoms with van der Waals surface area (Å²) in [4.78, 5) is 3.93. The second kappa shape index (κ2) is 7.77. The van der Waals surface area contributed by atoms with E-state index in [4.69, 9.17) is 12.2 Å². The van der Waals surface area contributed by atoms with Crippen LogP contribution >= 0.6 is 12.2 Å². The van der Waals surface area contributed by atoms with Crippen molar-refractivity contribution >= 4 is 23.0 Å². The Labute approximate surface area is 150 Å². The Morgan fingerprint density at radius 3 is 2.54 bits per heavy atom. The van der Waals surface area contributed by atoms with Gasteiger partial charge in [-0.1, -0.05) is 36.4 Å². The molecule has 0 spiro atoms. The fraction of sp³-hybridized carbons (Fsp3) is 0.350. The van der Waals surface area contributed by atoms with Crippen LogP contribution in [0.1, 0.15) is 16.7 Å². The van der Waals surface area contributed by atoms with E-state index in [0.717, 1.165) is 43.5 Å². The number of aryl methyl sites for hydroxylation is 2. The molecule has 1 fully saturated rings. The van der Waals surface area contributed by atoms with Crippen molar-refractivity contribution in [1.29, 1.82) is 0 Å². The van der Waals surface area contributed by atoms with Gasteiger partial charge in [0.1, 0.15) is 6.54 Å². The number of hydrogen-bond donors (Lipinski definition) is 2. The zero-order chi connectivity index (χ0) is 16.9. The van der Waals surface area contributed by atoms with Gasteiger partial charge in [-0.3, -0.25) is 0 Å². The summed E-state index contributed by atoms with van der Waals surface area (Å²) < 4.78 is 0. The molecule has 3 nitrogen and oxygen atoms in total. The Morgan fingerprint density at radius 1 is 1.08 bits per heavy atom. The Hall–Kier alpha value is -1.91. The average Bonchev–Trinajstić information content (AvgIpc) is 2.57. The van der Waals surface area contributed by atoms with Crippen LogP contribution in [0.4, 0.5) is 5.69 Å². The van der Waals surface area contributed by atoms with Gasteiger partial charge in [0.05, 0.1) is 26.2 Å². The first kappa shape index (κ1) is 16.9. The molecular weight excluding hydrogens is 314 g/mol. The van der Waals surface area contributed by atoms with Crippen LogP contribution in [0.15, 0.2) is 48.5 Å². The highest BCUT2D eigenvalue weighted by Gasteiger charge is 2.22. The van der Waals surface area contributed by atoms with E-state index in [0.29, 0.717) is 0 Å². The first-order valence-electron chi connectivity index (χ1n) is 8.62. The van der Waals surface area contributed by atoms with Crippen molar-refractivity contribution in [2.24, 2.45) is 0 Å². The Balaban J connectivity index is 1.51. The van der Waals surface area contributed by atoms with Crippen LogP contribution in [-0.2, 0) is 6.54 Å². The monoisotopic (exact) mass is 340 g/mol. The van der Waals surface area contributed by atoms with Crippen LogP contribution in [0.25, 0.3) is 0 Å². The summed E-state index contributed by atoms with van der Waals surface area (Å²) in [6, 6.07) is 17.1. The molecule has 0 saturated carbocycles. The fourth-order valence-electron chi connectivity index (χ4n) is 3.21. The second-order valence-electron chi connectivity index (χ2n) is 6.64. The van der Waals surface area contributed by atoms with E-state index in [1.54, 1.807) is 4.90 Å². The molecule has 0 atom stereocenters. The maximum atomic E-state index is 5.59. The number of rotatable bonds is 3. The lowest BCUT2D eigenvalue weighted by molar-refractivity contribution is -0.917. The molecule has 1 heterocycles. The molecule has 1 aliphatic rings. The highest BCUT2D eigenvalue weighted by atomic mass is 32.1. The van der Waals surface area contributed by atoms with E-state index < -0.39 is 0 Å². The number of quaternary nitrogens is 1. The molecule has 2 N–H and O–H groups in total. The predicted molar refractivity (Wildman–Crippen MR) is 105 cm³/mol. The van der Waals surface area contributed by atoms with Crippen LogP contribution in [0.5, 0.6) is 0 Å². The van der Waals surface area contributed by atoms with Gasteiger partial charge < -0.3 is 15.1 Å². The summed E-state index contributed by atoms with van der Waals surface area (Å²) >= 11 is 5.59. The van der Waals surface area contributed by atoms with Crippen LogP contribution in [-0.4, -0.2) is 36.2 Å². The van der Waals surface area contributed by atoms with Gasteiger partial charge in [-0.15, -0.1) is 0 Å². The summed E-state index contributed by atoms with van der Waals surface area (Å²) in [5.74, 6) is 0. The van der Waals surface area contributed by atoms with Gasteiger partial charge >= 0.3 is 0 Å². The SMILES string of the molecule is Cc1cccc(NC(=S)N2CC[NH+](Cc3ccccc3C)CC2)c1. The number of benzene rings is 2. The summed E-state index contributed by atoms with van der Waals surface area (Å²) in [5, 5.41) is 4.22. The zero-order valence-corrected chi connectivity index (χ0v) is 15.3. The van der Waals surface area contributed by atoms with Crippen LogP contribution in [0.3, 0.4) is 0 Å². The van der Waals surface area contributed by atoms with Crippen molar-refractivity contribution in [2.45, 2.75) is 20.4 Å². The van der Waals surface area contributed by atoms with Gasteiger partial charge in [0, 0.05) is 11.3 Å². The van der Waals surface area contributed by atoms with Crippen molar-refractivity contribution in [2.75, 3.05) is 31.5 Å². The molecule has 4 heteroatoms. The third-order valence-corrected chi connectivity index (χ3v) is 5.09. The highest BCUT2D eigenvalue weighted by Crippen LogP contribution is 2.11. The molecule has 0 aromatic heterocycles. The van der Waals surface area contributed by atoms with Crippen molar-refractivity contribution < 1.29 is 4.90 Å². The Morgan fingerprint density at radius 2 is 1.83 bits per heavy atom. The van der Waals surface area contributed by atoms with Gasteiger partial charge in [-0.05, 0) is 49.3 Å². The minimum absolute atomic E-state index is 0.843. The largest absolute Gasteiger partial charge is 0.338 e. The van der Waals surface area contributed by atoms with Crippen molar-refractivity contribution in [3.63, 3.8) is 0 Å². The minimum atomic E-state index is 0.843. The first-order valence-corrected chi connectivity index (χ1v) is 9.03. The maximum Gasteiger partial charge on any atom is 0.173 e. The molecule has 24 heavy (non-hydrogen) atoms. The number of piperazine rings is 1. The first-order chi connectivity index (χ1) is 11.6. The lowest BCUT2D eigenvalue weighted by atomic mass is 10.1. The molecule has 0 unspecified atom stereocenters. The molecular formula is C20H26N3S+. The van der Waals surface area contributed by atoms with Gasteiger partial charge in [-0.2, -0.15) is 0 Å². The third-order valence-electron chi connectivity index (χ3n) is 4.73. The van der Waals surface area contributed by atoms with E-state index in [2.05, 4.69) is 72.6 Å². The second-order valence-corrected chi connectivity index (χ2v) is 7.03. The molecule has 1 aliphatic heterocycles. The highest BCUT2D eigenvalue weighted by molar-refractivity contribution is 7.80. The molecule has 2 aromatic carbocycles. The van der Waals surface area contributed by atoms with Gasteiger partial charge in [-0.25, -0.2) is 0 Å². The smallest absolute Gasteiger partial charge is 0.173 e. The lowest BCUT2D eigenvalue weighted by Gasteiger charge is -2.34. The number of anilines is 1. The van der Waals surface area contributed by atoms with Crippen molar-refractivity contribution in [3.8, 4) is 0 Å². The quantitative estimate of drug-likeness (QED) is 0.837. The van der Waals surface area contributed by atoms with Crippen molar-refractivity contribution in [3.05, 3.63) is 65.2 Å².